The molecule has 0 aliphatic carbocycles. The molecular formula is C20H24O2S2. The van der Waals surface area contributed by atoms with Crippen molar-refractivity contribution < 1.29 is 8.42 Å². The van der Waals surface area contributed by atoms with Gasteiger partial charge in [-0.3, -0.25) is 0 Å². The molecule has 0 bridgehead atoms. The van der Waals surface area contributed by atoms with Gasteiger partial charge >= 0.3 is 0 Å². The Labute approximate surface area is 149 Å². The summed E-state index contributed by atoms with van der Waals surface area (Å²) in [5.74, 6) is 0. The Morgan fingerprint density at radius 3 is 1.62 bits per heavy atom. The molecule has 2 atom stereocenters. The van der Waals surface area contributed by atoms with E-state index in [1.807, 2.05) is 68.5 Å². The molecule has 0 saturated carbocycles. The molecule has 24 heavy (non-hydrogen) atoms. The first-order chi connectivity index (χ1) is 11.5. The summed E-state index contributed by atoms with van der Waals surface area (Å²) in [7, 11) is -2.82. The number of unbranched alkanes of at least 4 members (excludes halogenated alkanes) is 2. The van der Waals surface area contributed by atoms with Crippen LogP contribution in [0.5, 0.6) is 0 Å². The van der Waals surface area contributed by atoms with Crippen molar-refractivity contribution in [2.45, 2.75) is 49.8 Å². The quantitative estimate of drug-likeness (QED) is 0.632. The molecule has 0 saturated heterocycles. The van der Waals surface area contributed by atoms with Crippen LogP contribution >= 0.6 is 0 Å². The normalized spacial score (nSPS) is 13.3. The van der Waals surface area contributed by atoms with Crippen LogP contribution in [0, 0.1) is 13.8 Å². The molecule has 0 amide bonds. The van der Waals surface area contributed by atoms with E-state index in [1.54, 1.807) is 0 Å². The average molecular weight is 361 g/mol. The van der Waals surface area contributed by atoms with E-state index in [2.05, 4.69) is 6.92 Å². The number of allylic oxidation sites excluding steroid dienone is 1. The van der Waals surface area contributed by atoms with Gasteiger partial charge in [-0.1, -0.05) is 61.2 Å². The van der Waals surface area contributed by atoms with Crippen LogP contribution in [-0.2, 0) is 21.6 Å². The molecule has 4 heteroatoms. The van der Waals surface area contributed by atoms with Gasteiger partial charge in [0.1, 0.15) is 4.24 Å². The van der Waals surface area contributed by atoms with Crippen molar-refractivity contribution in [3.05, 3.63) is 70.0 Å². The molecule has 2 nitrogen and oxygen atoms in total. The minimum absolute atomic E-state index is 0.496. The van der Waals surface area contributed by atoms with Gasteiger partial charge in [0.05, 0.1) is 21.6 Å². The third kappa shape index (κ3) is 4.99. The molecular weight excluding hydrogens is 336 g/mol. The van der Waals surface area contributed by atoms with Crippen molar-refractivity contribution in [2.24, 2.45) is 0 Å². The fourth-order valence-electron chi connectivity index (χ4n) is 2.20. The van der Waals surface area contributed by atoms with Crippen molar-refractivity contribution in [2.75, 3.05) is 0 Å². The van der Waals surface area contributed by atoms with Gasteiger partial charge in [-0.2, -0.15) is 0 Å². The summed E-state index contributed by atoms with van der Waals surface area (Å²) in [6.45, 7) is 6.10. The van der Waals surface area contributed by atoms with Crippen molar-refractivity contribution >= 4 is 21.6 Å². The van der Waals surface area contributed by atoms with Crippen molar-refractivity contribution in [3.8, 4) is 0 Å². The third-order valence-electron chi connectivity index (χ3n) is 3.70. The van der Waals surface area contributed by atoms with Crippen LogP contribution in [-0.4, -0.2) is 8.42 Å². The molecule has 2 aromatic carbocycles. The molecule has 2 rings (SSSR count). The summed E-state index contributed by atoms with van der Waals surface area (Å²) in [4.78, 5) is 1.40. The Hall–Kier alpha value is -1.52. The first-order valence-corrected chi connectivity index (χ1v) is 10.5. The van der Waals surface area contributed by atoms with E-state index in [1.165, 1.54) is 0 Å². The maximum Gasteiger partial charge on any atom is 0.109 e. The standard InChI is InChI=1S/C20H24O2S2/c1-4-5-6-7-20(23(21)18-12-8-16(2)9-13-18)24(22)19-14-10-17(3)11-15-19/h7-15H,4-6H2,1-3H3. The SMILES string of the molecule is CCCCC=C(S(=O)c1ccc(C)cc1)S(=O)c1ccc(C)cc1. The summed E-state index contributed by atoms with van der Waals surface area (Å²) in [5, 5.41) is 0. The number of rotatable bonds is 7. The molecule has 128 valence electrons. The molecule has 0 aliphatic rings. The maximum absolute atomic E-state index is 13.0. The van der Waals surface area contributed by atoms with E-state index < -0.39 is 21.6 Å². The lowest BCUT2D eigenvalue weighted by molar-refractivity contribution is 0.682. The van der Waals surface area contributed by atoms with Gasteiger partial charge in [-0.05, 0) is 44.5 Å². The fourth-order valence-corrected chi connectivity index (χ4v) is 5.10. The molecule has 0 fully saturated rings. The highest BCUT2D eigenvalue weighted by Gasteiger charge is 2.18. The van der Waals surface area contributed by atoms with Crippen molar-refractivity contribution in [3.63, 3.8) is 0 Å². The van der Waals surface area contributed by atoms with Crippen LogP contribution in [0.1, 0.15) is 37.3 Å². The van der Waals surface area contributed by atoms with E-state index in [4.69, 9.17) is 0 Å². The largest absolute Gasteiger partial charge is 0.248 e. The zero-order valence-corrected chi connectivity index (χ0v) is 16.1. The summed E-state index contributed by atoms with van der Waals surface area (Å²) in [5.41, 5.74) is 2.24. The van der Waals surface area contributed by atoms with Crippen LogP contribution in [0.15, 0.2) is 68.6 Å². The number of benzene rings is 2. The average Bonchev–Trinajstić information content (AvgIpc) is 2.59. The van der Waals surface area contributed by atoms with Gasteiger partial charge in [0, 0.05) is 9.79 Å². The Balaban J connectivity index is 2.35. The van der Waals surface area contributed by atoms with Crippen molar-refractivity contribution in [1.29, 1.82) is 0 Å². The van der Waals surface area contributed by atoms with Gasteiger partial charge in [0.25, 0.3) is 0 Å². The molecule has 0 aromatic heterocycles. The van der Waals surface area contributed by atoms with Crippen LogP contribution in [0.4, 0.5) is 0 Å². The first-order valence-electron chi connectivity index (χ1n) is 8.20. The monoisotopic (exact) mass is 360 g/mol. The van der Waals surface area contributed by atoms with Crippen molar-refractivity contribution in [1.82, 2.24) is 0 Å². The highest BCUT2D eigenvalue weighted by Crippen LogP contribution is 2.24. The summed E-state index contributed by atoms with van der Waals surface area (Å²) >= 11 is 0. The molecule has 0 N–H and O–H groups in total. The van der Waals surface area contributed by atoms with E-state index in [-0.39, 0.29) is 0 Å². The molecule has 0 spiro atoms. The highest BCUT2D eigenvalue weighted by molar-refractivity contribution is 8.08. The Morgan fingerprint density at radius 2 is 1.25 bits per heavy atom. The topological polar surface area (TPSA) is 34.1 Å². The van der Waals surface area contributed by atoms with Gasteiger partial charge in [-0.25, -0.2) is 8.42 Å². The van der Waals surface area contributed by atoms with E-state index >= 15 is 0 Å². The number of hydrogen-bond donors (Lipinski definition) is 0. The van der Waals surface area contributed by atoms with Crippen LogP contribution in [0.3, 0.4) is 0 Å². The van der Waals surface area contributed by atoms with Gasteiger partial charge < -0.3 is 0 Å². The smallest absolute Gasteiger partial charge is 0.109 e. The highest BCUT2D eigenvalue weighted by atomic mass is 32.2. The fraction of sp³-hybridized carbons (Fsp3) is 0.300. The third-order valence-corrected chi connectivity index (χ3v) is 7.08. The lowest BCUT2D eigenvalue weighted by Gasteiger charge is -2.09. The lowest BCUT2D eigenvalue weighted by atomic mass is 10.2. The second-order valence-corrected chi connectivity index (χ2v) is 8.98. The minimum Gasteiger partial charge on any atom is -0.248 e. The Kier molecular flexibility index (Phi) is 7.13. The predicted molar refractivity (Wildman–Crippen MR) is 103 cm³/mol. The molecule has 0 radical (unpaired) electrons. The summed E-state index contributed by atoms with van der Waals surface area (Å²) < 4.78 is 26.5. The van der Waals surface area contributed by atoms with E-state index in [9.17, 15) is 8.42 Å². The van der Waals surface area contributed by atoms with Crippen LogP contribution in [0.2, 0.25) is 0 Å². The van der Waals surface area contributed by atoms with Gasteiger partial charge in [-0.15, -0.1) is 0 Å². The first kappa shape index (κ1) is 18.8. The summed E-state index contributed by atoms with van der Waals surface area (Å²) in [6, 6.07) is 15.2. The molecule has 2 unspecified atom stereocenters. The van der Waals surface area contributed by atoms with Gasteiger partial charge in [0.15, 0.2) is 0 Å². The van der Waals surface area contributed by atoms with E-state index in [0.717, 1.165) is 30.4 Å². The maximum atomic E-state index is 13.0. The Morgan fingerprint density at radius 1 is 0.833 bits per heavy atom. The number of hydrogen-bond acceptors (Lipinski definition) is 2. The number of aryl methyl sites for hydroxylation is 2. The summed E-state index contributed by atoms with van der Waals surface area (Å²) in [6.07, 6.45) is 4.74. The molecule has 0 aliphatic heterocycles. The second kappa shape index (κ2) is 9.09. The lowest BCUT2D eigenvalue weighted by Crippen LogP contribution is -2.04. The van der Waals surface area contributed by atoms with Gasteiger partial charge in [0.2, 0.25) is 0 Å². The zero-order valence-electron chi connectivity index (χ0n) is 14.5. The minimum atomic E-state index is -1.41. The molecule has 0 heterocycles. The zero-order chi connectivity index (χ0) is 17.5. The Bertz CT molecular complexity index is 685. The molecule has 2 aromatic rings. The second-order valence-electron chi connectivity index (χ2n) is 5.83. The van der Waals surface area contributed by atoms with Crippen LogP contribution in [0.25, 0.3) is 0 Å². The predicted octanol–water partition coefficient (Wildman–Crippen LogP) is 5.25. The van der Waals surface area contributed by atoms with E-state index in [0.29, 0.717) is 14.0 Å². The van der Waals surface area contributed by atoms with Crippen LogP contribution < -0.4 is 0 Å².